The third-order valence-corrected chi connectivity index (χ3v) is 2.04. The summed E-state index contributed by atoms with van der Waals surface area (Å²) in [5.74, 6) is 5.66. The van der Waals surface area contributed by atoms with Crippen LogP contribution < -0.4 is 5.32 Å². The van der Waals surface area contributed by atoms with Gasteiger partial charge in [0.2, 0.25) is 0 Å². The number of halogens is 2. The molecule has 1 aromatic rings. The monoisotopic (exact) mass is 213 g/mol. The molecule has 0 unspecified atom stereocenters. The Morgan fingerprint density at radius 2 is 2.15 bits per heavy atom. The van der Waals surface area contributed by atoms with Crippen molar-refractivity contribution in [1.29, 1.82) is 0 Å². The molecule has 1 aromatic carbocycles. The Morgan fingerprint density at radius 1 is 1.38 bits per heavy atom. The van der Waals surface area contributed by atoms with E-state index in [9.17, 15) is 0 Å². The molecule has 13 heavy (non-hydrogen) atoms. The highest BCUT2D eigenvalue weighted by molar-refractivity contribution is 6.35. The number of nitrogens with one attached hydrogen (secondary N) is 1. The Hall–Kier alpha value is -0.840. The van der Waals surface area contributed by atoms with Gasteiger partial charge in [0.25, 0.3) is 0 Å². The number of hydrogen-bond donors (Lipinski definition) is 1. The molecule has 0 aliphatic rings. The Kier molecular flexibility index (Phi) is 3.95. The minimum absolute atomic E-state index is 0.580. The first kappa shape index (κ1) is 10.2. The van der Waals surface area contributed by atoms with Crippen LogP contribution in [0.5, 0.6) is 0 Å². The van der Waals surface area contributed by atoms with Gasteiger partial charge in [-0.05, 0) is 25.1 Å². The van der Waals surface area contributed by atoms with Crippen LogP contribution in [0, 0.1) is 11.8 Å². The first-order valence-corrected chi connectivity index (χ1v) is 4.58. The SMILES string of the molecule is CC#CCNc1cc(Cl)ccc1Cl. The first-order valence-electron chi connectivity index (χ1n) is 3.82. The van der Waals surface area contributed by atoms with Crippen molar-refractivity contribution in [2.24, 2.45) is 0 Å². The van der Waals surface area contributed by atoms with E-state index < -0.39 is 0 Å². The van der Waals surface area contributed by atoms with Gasteiger partial charge in [-0.1, -0.05) is 29.1 Å². The van der Waals surface area contributed by atoms with Crippen molar-refractivity contribution in [3.8, 4) is 11.8 Å². The molecule has 0 bridgehead atoms. The lowest BCUT2D eigenvalue weighted by molar-refractivity contribution is 1.38. The Labute approximate surface area is 88.0 Å². The van der Waals surface area contributed by atoms with Gasteiger partial charge >= 0.3 is 0 Å². The highest BCUT2D eigenvalue weighted by atomic mass is 35.5. The van der Waals surface area contributed by atoms with Gasteiger partial charge in [-0.3, -0.25) is 0 Å². The smallest absolute Gasteiger partial charge is 0.0766 e. The van der Waals surface area contributed by atoms with E-state index in [1.54, 1.807) is 25.1 Å². The van der Waals surface area contributed by atoms with E-state index in [4.69, 9.17) is 23.2 Å². The largest absolute Gasteiger partial charge is 0.373 e. The van der Waals surface area contributed by atoms with Crippen molar-refractivity contribution in [2.75, 3.05) is 11.9 Å². The Morgan fingerprint density at radius 3 is 2.85 bits per heavy atom. The molecule has 0 saturated heterocycles. The second-order valence-electron chi connectivity index (χ2n) is 2.40. The van der Waals surface area contributed by atoms with Gasteiger partial charge in [0.1, 0.15) is 0 Å². The van der Waals surface area contributed by atoms with E-state index in [0.29, 0.717) is 16.6 Å². The zero-order valence-corrected chi connectivity index (χ0v) is 8.71. The maximum absolute atomic E-state index is 5.91. The average Bonchev–Trinajstić information content (AvgIpc) is 2.11. The van der Waals surface area contributed by atoms with Crippen LogP contribution >= 0.6 is 23.2 Å². The second kappa shape index (κ2) is 5.01. The maximum atomic E-state index is 5.91. The van der Waals surface area contributed by atoms with Gasteiger partial charge in [0, 0.05) is 5.02 Å². The minimum atomic E-state index is 0.580. The summed E-state index contributed by atoms with van der Waals surface area (Å²) >= 11 is 11.7. The van der Waals surface area contributed by atoms with Crippen molar-refractivity contribution in [2.45, 2.75) is 6.92 Å². The van der Waals surface area contributed by atoms with Crippen molar-refractivity contribution in [3.63, 3.8) is 0 Å². The van der Waals surface area contributed by atoms with Crippen LogP contribution in [0.3, 0.4) is 0 Å². The molecule has 0 atom stereocenters. The fourth-order valence-corrected chi connectivity index (χ4v) is 1.22. The normalized spacial score (nSPS) is 8.85. The summed E-state index contributed by atoms with van der Waals surface area (Å²) in [6, 6.07) is 5.29. The fourth-order valence-electron chi connectivity index (χ4n) is 0.861. The van der Waals surface area contributed by atoms with Gasteiger partial charge < -0.3 is 5.32 Å². The predicted octanol–water partition coefficient (Wildman–Crippen LogP) is 3.43. The van der Waals surface area contributed by atoms with Gasteiger partial charge in [-0.25, -0.2) is 0 Å². The van der Waals surface area contributed by atoms with Gasteiger partial charge in [-0.2, -0.15) is 0 Å². The Bertz CT molecular complexity index is 350. The van der Waals surface area contributed by atoms with Gasteiger partial charge in [-0.15, -0.1) is 5.92 Å². The summed E-state index contributed by atoms with van der Waals surface area (Å²) in [5.41, 5.74) is 0.817. The number of rotatable bonds is 2. The van der Waals surface area contributed by atoms with Crippen LogP contribution in [0.2, 0.25) is 10.0 Å². The molecule has 0 aliphatic heterocycles. The summed E-state index contributed by atoms with van der Waals surface area (Å²) in [5, 5.41) is 4.38. The van der Waals surface area contributed by atoms with E-state index >= 15 is 0 Å². The van der Waals surface area contributed by atoms with Gasteiger partial charge in [0.15, 0.2) is 0 Å². The van der Waals surface area contributed by atoms with E-state index in [1.165, 1.54) is 0 Å². The third kappa shape index (κ3) is 3.18. The maximum Gasteiger partial charge on any atom is 0.0766 e. The number of benzene rings is 1. The van der Waals surface area contributed by atoms with E-state index in [2.05, 4.69) is 17.2 Å². The molecule has 0 radical (unpaired) electrons. The summed E-state index contributed by atoms with van der Waals surface area (Å²) in [4.78, 5) is 0. The van der Waals surface area contributed by atoms with Crippen LogP contribution in [0.15, 0.2) is 18.2 Å². The van der Waals surface area contributed by atoms with Crippen LogP contribution in [-0.4, -0.2) is 6.54 Å². The fraction of sp³-hybridized carbons (Fsp3) is 0.200. The Balaban J connectivity index is 2.73. The number of anilines is 1. The molecule has 68 valence electrons. The summed E-state index contributed by atoms with van der Waals surface area (Å²) in [7, 11) is 0. The standard InChI is InChI=1S/C10H9Cl2N/c1-2-3-6-13-10-7-8(11)4-5-9(10)12/h4-5,7,13H,6H2,1H3. The molecule has 0 saturated carbocycles. The average molecular weight is 214 g/mol. The lowest BCUT2D eigenvalue weighted by atomic mass is 10.3. The van der Waals surface area contributed by atoms with Crippen molar-refractivity contribution in [3.05, 3.63) is 28.2 Å². The summed E-state index contributed by atoms with van der Waals surface area (Å²) in [6.45, 7) is 2.37. The lowest BCUT2D eigenvalue weighted by Crippen LogP contribution is -1.98. The van der Waals surface area contributed by atoms with Crippen LogP contribution in [-0.2, 0) is 0 Å². The van der Waals surface area contributed by atoms with Gasteiger partial charge in [0.05, 0.1) is 17.3 Å². The van der Waals surface area contributed by atoms with E-state index in [0.717, 1.165) is 5.69 Å². The molecular weight excluding hydrogens is 205 g/mol. The zero-order valence-electron chi connectivity index (χ0n) is 7.20. The highest BCUT2D eigenvalue weighted by Crippen LogP contribution is 2.24. The van der Waals surface area contributed by atoms with E-state index in [1.807, 2.05) is 0 Å². The van der Waals surface area contributed by atoms with Crippen molar-refractivity contribution in [1.82, 2.24) is 0 Å². The third-order valence-electron chi connectivity index (χ3n) is 1.47. The molecule has 0 aliphatic carbocycles. The van der Waals surface area contributed by atoms with Crippen LogP contribution in [0.4, 0.5) is 5.69 Å². The zero-order chi connectivity index (χ0) is 9.68. The molecule has 1 N–H and O–H groups in total. The van der Waals surface area contributed by atoms with E-state index in [-0.39, 0.29) is 0 Å². The van der Waals surface area contributed by atoms with Crippen molar-refractivity contribution >= 4 is 28.9 Å². The topological polar surface area (TPSA) is 12.0 Å². The molecular formula is C10H9Cl2N. The molecule has 0 fully saturated rings. The molecule has 1 rings (SSSR count). The summed E-state index contributed by atoms with van der Waals surface area (Å²) in [6.07, 6.45) is 0. The summed E-state index contributed by atoms with van der Waals surface area (Å²) < 4.78 is 0. The molecule has 0 spiro atoms. The predicted molar refractivity (Wildman–Crippen MR) is 58.4 cm³/mol. The van der Waals surface area contributed by atoms with Crippen LogP contribution in [0.25, 0.3) is 0 Å². The second-order valence-corrected chi connectivity index (χ2v) is 3.25. The molecule has 3 heteroatoms. The van der Waals surface area contributed by atoms with Crippen LogP contribution in [0.1, 0.15) is 6.92 Å². The molecule has 0 heterocycles. The lowest BCUT2D eigenvalue weighted by Gasteiger charge is -2.04. The first-order chi connectivity index (χ1) is 6.24. The molecule has 0 aromatic heterocycles. The number of hydrogen-bond acceptors (Lipinski definition) is 1. The van der Waals surface area contributed by atoms with Crippen molar-refractivity contribution < 1.29 is 0 Å². The highest BCUT2D eigenvalue weighted by Gasteiger charge is 1.98. The molecule has 0 amide bonds. The minimum Gasteiger partial charge on any atom is -0.373 e. The quantitative estimate of drug-likeness (QED) is 0.743. The molecule has 1 nitrogen and oxygen atoms in total.